The van der Waals surface area contributed by atoms with Gasteiger partial charge in [0, 0.05) is 0 Å². The molecule has 2 aromatic rings. The van der Waals surface area contributed by atoms with Crippen LogP contribution in [0, 0.1) is 0 Å². The number of nitrogens with one attached hydrogen (secondary N) is 1. The molecule has 114 valence electrons. The highest BCUT2D eigenvalue weighted by atomic mass is 16.2. The summed E-state index contributed by atoms with van der Waals surface area (Å²) in [5.41, 5.74) is 4.20. The topological polar surface area (TPSA) is 72.2 Å². The van der Waals surface area contributed by atoms with Gasteiger partial charge in [-0.3, -0.25) is 4.79 Å². The lowest BCUT2D eigenvalue weighted by Gasteiger charge is -2.17. The standard InChI is InChI=1S/C18H20N2O2/c19-17(12-15-9-5-2-6-10-15)18(22)20-16(13-21)11-14-7-3-1-4-8-14/h1-10,13,16-17H,11-12,19H2,(H,20,22)/t16-,17-/m0/s1/i/hD. The highest BCUT2D eigenvalue weighted by Gasteiger charge is 2.18. The van der Waals surface area contributed by atoms with E-state index in [0.29, 0.717) is 12.8 Å². The number of rotatable bonds is 8. The zero-order valence-electron chi connectivity index (χ0n) is 13.2. The van der Waals surface area contributed by atoms with Gasteiger partial charge in [-0.2, -0.15) is 0 Å². The maximum atomic E-state index is 12.3. The number of carbonyl (C=O) groups excluding carboxylic acids is 2. The van der Waals surface area contributed by atoms with Crippen LogP contribution in [0.2, 0.25) is 1.41 Å². The highest BCUT2D eigenvalue weighted by Crippen LogP contribution is 2.04. The van der Waals surface area contributed by atoms with E-state index in [4.69, 9.17) is 1.41 Å². The van der Waals surface area contributed by atoms with E-state index in [9.17, 15) is 9.59 Å². The van der Waals surface area contributed by atoms with Crippen LogP contribution < -0.4 is 11.0 Å². The zero-order valence-corrected chi connectivity index (χ0v) is 12.2. The molecule has 0 bridgehead atoms. The average Bonchev–Trinajstić information content (AvgIpc) is 2.60. The van der Waals surface area contributed by atoms with Crippen LogP contribution in [-0.2, 0) is 22.4 Å². The average molecular weight is 297 g/mol. The minimum absolute atomic E-state index is 0.350. The van der Waals surface area contributed by atoms with Crippen LogP contribution in [0.25, 0.3) is 0 Å². The van der Waals surface area contributed by atoms with Crippen molar-refractivity contribution in [2.24, 2.45) is 5.73 Å². The lowest BCUT2D eigenvalue weighted by atomic mass is 10.0. The van der Waals surface area contributed by atoms with Gasteiger partial charge < -0.3 is 15.8 Å². The third-order valence-corrected chi connectivity index (χ3v) is 3.39. The van der Waals surface area contributed by atoms with Gasteiger partial charge in [-0.1, -0.05) is 60.7 Å². The number of amides is 1. The Labute approximate surface area is 131 Å². The summed E-state index contributed by atoms with van der Waals surface area (Å²) < 4.78 is 7.36. The van der Waals surface area contributed by atoms with E-state index >= 15 is 0 Å². The first-order chi connectivity index (χ1) is 11.2. The molecule has 4 nitrogen and oxygen atoms in total. The van der Waals surface area contributed by atoms with Crippen molar-refractivity contribution in [2.45, 2.75) is 24.9 Å². The number of carbonyl (C=O) groups is 2. The second kappa shape index (κ2) is 8.10. The van der Waals surface area contributed by atoms with Gasteiger partial charge in [-0.05, 0) is 24.0 Å². The lowest BCUT2D eigenvalue weighted by molar-refractivity contribution is -0.125. The van der Waals surface area contributed by atoms with Gasteiger partial charge in [-0.25, -0.2) is 0 Å². The molecule has 0 spiro atoms. The smallest absolute Gasteiger partial charge is 0.237 e. The predicted molar refractivity (Wildman–Crippen MR) is 86.3 cm³/mol. The Morgan fingerprint density at radius 3 is 2.09 bits per heavy atom. The molecule has 2 aromatic carbocycles. The van der Waals surface area contributed by atoms with Crippen LogP contribution in [-0.4, -0.2) is 24.3 Å². The summed E-state index contributed by atoms with van der Waals surface area (Å²) in [7, 11) is 0. The Bertz CT molecular complexity index is 619. The molecule has 22 heavy (non-hydrogen) atoms. The van der Waals surface area contributed by atoms with Crippen molar-refractivity contribution in [3.8, 4) is 0 Å². The van der Waals surface area contributed by atoms with Gasteiger partial charge in [0.15, 0.2) is 0 Å². The number of benzene rings is 2. The molecule has 2 atom stereocenters. The van der Waals surface area contributed by atoms with Crippen LogP contribution in [0.4, 0.5) is 0 Å². The Kier molecular flexibility index (Phi) is 5.33. The molecule has 4 heteroatoms. The van der Waals surface area contributed by atoms with Gasteiger partial charge in [0.05, 0.1) is 12.1 Å². The van der Waals surface area contributed by atoms with Gasteiger partial charge in [-0.15, -0.1) is 0 Å². The molecule has 0 aromatic heterocycles. The molecule has 0 heterocycles. The van der Waals surface area contributed by atoms with E-state index < -0.39 is 12.1 Å². The Morgan fingerprint density at radius 1 is 1.05 bits per heavy atom. The molecule has 0 unspecified atom stereocenters. The Balaban J connectivity index is 1.95. The summed E-state index contributed by atoms with van der Waals surface area (Å²) in [5.74, 6) is -0.350. The molecule has 1 amide bonds. The Morgan fingerprint density at radius 2 is 1.59 bits per heavy atom. The van der Waals surface area contributed by atoms with Gasteiger partial charge in [0.25, 0.3) is 0 Å². The lowest BCUT2D eigenvalue weighted by Crippen LogP contribution is -2.47. The maximum absolute atomic E-state index is 12.3. The van der Waals surface area contributed by atoms with Gasteiger partial charge in [0.2, 0.25) is 5.91 Å². The van der Waals surface area contributed by atoms with Crippen molar-refractivity contribution in [3.05, 3.63) is 71.8 Å². The summed E-state index contributed by atoms with van der Waals surface area (Å²) in [6, 6.07) is 17.7. The first-order valence-electron chi connectivity index (χ1n) is 7.73. The highest BCUT2D eigenvalue weighted by molar-refractivity contribution is 5.84. The molecule has 0 aliphatic carbocycles. The van der Waals surface area contributed by atoms with E-state index in [-0.39, 0.29) is 5.91 Å². The molecule has 2 rings (SSSR count). The van der Waals surface area contributed by atoms with E-state index in [1.165, 1.54) is 0 Å². The van der Waals surface area contributed by atoms with Crippen molar-refractivity contribution in [1.29, 1.82) is 0 Å². The monoisotopic (exact) mass is 297 g/mol. The molecule has 0 aliphatic heterocycles. The molecule has 0 fully saturated rings. The molecular formula is C18H20N2O2. The second-order valence-corrected chi connectivity index (χ2v) is 5.18. The summed E-state index contributed by atoms with van der Waals surface area (Å²) in [6.07, 6.45) is 1.56. The fraction of sp³-hybridized carbons (Fsp3) is 0.222. The molecule has 0 saturated carbocycles. The van der Waals surface area contributed by atoms with Crippen molar-refractivity contribution in [2.75, 3.05) is 0 Å². The first kappa shape index (κ1) is 14.5. The van der Waals surface area contributed by atoms with E-state index in [1.807, 2.05) is 60.7 Å². The summed E-state index contributed by atoms with van der Waals surface area (Å²) in [4.78, 5) is 23.5. The molecular weight excluding hydrogens is 276 g/mol. The molecule has 3 N–H and O–H groups in total. The number of aldehydes is 1. The second-order valence-electron chi connectivity index (χ2n) is 5.18. The third-order valence-electron chi connectivity index (χ3n) is 3.39. The third kappa shape index (κ3) is 4.82. The molecule has 0 aliphatic rings. The van der Waals surface area contributed by atoms with Crippen LogP contribution in [0.1, 0.15) is 11.1 Å². The fourth-order valence-corrected chi connectivity index (χ4v) is 2.23. The van der Waals surface area contributed by atoms with Gasteiger partial charge >= 0.3 is 0 Å². The Hall–Kier alpha value is -2.46. The predicted octanol–water partition coefficient (Wildman–Crippen LogP) is 1.48. The van der Waals surface area contributed by atoms with Gasteiger partial charge in [0.1, 0.15) is 7.70 Å². The maximum Gasteiger partial charge on any atom is 0.237 e. The van der Waals surface area contributed by atoms with Crippen LogP contribution in [0.5, 0.6) is 0 Å². The number of hydrogen-bond donors (Lipinski definition) is 2. The van der Waals surface area contributed by atoms with Crippen molar-refractivity contribution >= 4 is 12.2 Å². The number of nitrogens with two attached hydrogens (primary N) is 1. The van der Waals surface area contributed by atoms with Crippen molar-refractivity contribution in [1.82, 2.24) is 5.32 Å². The van der Waals surface area contributed by atoms with Crippen molar-refractivity contribution in [3.63, 3.8) is 0 Å². The minimum Gasteiger partial charge on any atom is -0.345 e. The summed E-state index contributed by atoms with van der Waals surface area (Å²) >= 11 is 0. The zero-order chi connectivity index (χ0) is 16.5. The van der Waals surface area contributed by atoms with Crippen molar-refractivity contribution < 1.29 is 11.0 Å². The number of hydrogen-bond acceptors (Lipinski definition) is 3. The van der Waals surface area contributed by atoms with E-state index in [1.54, 1.807) is 0 Å². The normalized spacial score (nSPS) is 13.7. The van der Waals surface area contributed by atoms with Crippen LogP contribution >= 0.6 is 0 Å². The summed E-state index contributed by atoms with van der Waals surface area (Å²) in [5, 5.41) is 2.70. The largest absolute Gasteiger partial charge is 0.345 e. The van der Waals surface area contributed by atoms with E-state index in [2.05, 4.69) is 11.0 Å². The fourth-order valence-electron chi connectivity index (χ4n) is 2.23. The quantitative estimate of drug-likeness (QED) is 0.725. The molecule has 0 saturated heterocycles. The first-order valence-corrected chi connectivity index (χ1v) is 7.23. The molecule has 0 radical (unpaired) electrons. The van der Waals surface area contributed by atoms with E-state index in [0.717, 1.165) is 17.4 Å². The minimum atomic E-state index is -0.698. The summed E-state index contributed by atoms with van der Waals surface area (Å²) in [6.45, 7) is 0. The van der Waals surface area contributed by atoms with Crippen LogP contribution in [0.15, 0.2) is 60.7 Å². The SMILES string of the molecule is [2H]N[C@@H](Cc1ccccc1)C(=O)N[C@H](C=O)Cc1ccccc1. The van der Waals surface area contributed by atoms with Crippen LogP contribution in [0.3, 0.4) is 0 Å².